The van der Waals surface area contributed by atoms with Gasteiger partial charge in [-0.3, -0.25) is 9.59 Å². The number of hydrogen-bond acceptors (Lipinski definition) is 8. The van der Waals surface area contributed by atoms with Crippen LogP contribution in [0.1, 0.15) is 11.5 Å². The fourth-order valence-electron chi connectivity index (χ4n) is 2.10. The number of carbonyl (C=O) groups is 2. The van der Waals surface area contributed by atoms with Crippen molar-refractivity contribution in [1.82, 2.24) is 10.6 Å². The minimum Gasteiger partial charge on any atom is -0.467 e. The molecule has 2 N–H and O–H groups in total. The zero-order chi connectivity index (χ0) is 19.9. The Hall–Kier alpha value is -3.60. The van der Waals surface area contributed by atoms with Gasteiger partial charge in [0.25, 0.3) is 11.8 Å². The van der Waals surface area contributed by atoms with Gasteiger partial charge in [0.05, 0.1) is 25.6 Å². The fourth-order valence-corrected chi connectivity index (χ4v) is 4.16. The van der Waals surface area contributed by atoms with Crippen molar-refractivity contribution < 1.29 is 18.4 Å². The van der Waals surface area contributed by atoms with Crippen molar-refractivity contribution in [3.63, 3.8) is 0 Å². The van der Waals surface area contributed by atoms with Crippen LogP contribution in [0.5, 0.6) is 0 Å². The van der Waals surface area contributed by atoms with E-state index in [-0.39, 0.29) is 24.2 Å². The van der Waals surface area contributed by atoms with E-state index >= 15 is 0 Å². The number of furan rings is 2. The maximum atomic E-state index is 12.2. The van der Waals surface area contributed by atoms with Crippen LogP contribution in [0, 0.1) is 22.7 Å². The number of carbonyl (C=O) groups excluding carboxylic acids is 2. The minimum atomic E-state index is -0.547. The van der Waals surface area contributed by atoms with Gasteiger partial charge >= 0.3 is 0 Å². The molecule has 28 heavy (non-hydrogen) atoms. The van der Waals surface area contributed by atoms with Crippen molar-refractivity contribution in [2.75, 3.05) is 0 Å². The zero-order valence-corrected chi connectivity index (χ0v) is 15.9. The molecule has 0 aliphatic carbocycles. The van der Waals surface area contributed by atoms with E-state index < -0.39 is 11.8 Å². The maximum Gasteiger partial charge on any atom is 0.264 e. The Labute approximate surface area is 166 Å². The molecule has 0 unspecified atom stereocenters. The molecule has 140 valence electrons. The average Bonchev–Trinajstić information content (AvgIpc) is 3.36. The molecule has 0 atom stereocenters. The number of rotatable bonds is 6. The molecule has 0 radical (unpaired) electrons. The second-order valence-electron chi connectivity index (χ2n) is 5.28. The van der Waals surface area contributed by atoms with Crippen LogP contribution in [0.15, 0.2) is 45.6 Å². The number of nitrogens with zero attached hydrogens (tertiary/aromatic N) is 2. The van der Waals surface area contributed by atoms with E-state index in [0.717, 1.165) is 22.7 Å². The third kappa shape index (κ3) is 4.38. The van der Waals surface area contributed by atoms with Crippen LogP contribution < -0.4 is 18.3 Å². The molecule has 3 aromatic heterocycles. The quantitative estimate of drug-likeness (QED) is 0.620. The highest BCUT2D eigenvalue weighted by atomic mass is 32.2. The second-order valence-corrected chi connectivity index (χ2v) is 7.83. The lowest BCUT2D eigenvalue weighted by atomic mass is 10.3. The summed E-state index contributed by atoms with van der Waals surface area (Å²) in [5.74, 6) is 0.0257. The highest BCUT2D eigenvalue weighted by molar-refractivity contribution is 7.36. The summed E-state index contributed by atoms with van der Waals surface area (Å²) in [6.45, 7) is 0.307. The van der Waals surface area contributed by atoms with E-state index in [4.69, 9.17) is 8.83 Å². The molecule has 3 rings (SSSR count). The molecule has 0 spiro atoms. The van der Waals surface area contributed by atoms with E-state index in [1.807, 2.05) is 12.1 Å². The minimum absolute atomic E-state index is 0.0708. The molecule has 10 heteroatoms. The van der Waals surface area contributed by atoms with Gasteiger partial charge in [-0.25, -0.2) is 0 Å². The summed E-state index contributed by atoms with van der Waals surface area (Å²) in [5.41, 5.74) is -0.142. The Balaban J connectivity index is 1.75. The maximum absolute atomic E-state index is 12.2. The second kappa shape index (κ2) is 8.86. The highest BCUT2D eigenvalue weighted by Gasteiger charge is 2.17. The topological polar surface area (TPSA) is 132 Å². The number of hydrogen-bond donors (Lipinski definition) is 2. The first-order valence-corrected chi connectivity index (χ1v) is 9.51. The van der Waals surface area contributed by atoms with Crippen LogP contribution in [0.2, 0.25) is 0 Å². The Bertz CT molecular complexity index is 1060. The molecule has 0 fully saturated rings. The van der Waals surface area contributed by atoms with Crippen LogP contribution >= 0.6 is 22.7 Å². The van der Waals surface area contributed by atoms with Crippen LogP contribution in [0.4, 0.5) is 0 Å². The van der Waals surface area contributed by atoms with Crippen molar-refractivity contribution in [3.05, 3.63) is 56.0 Å². The Morgan fingerprint density at radius 3 is 1.61 bits per heavy atom. The molecular weight excluding hydrogens is 400 g/mol. The van der Waals surface area contributed by atoms with Gasteiger partial charge in [-0.1, -0.05) is 0 Å². The summed E-state index contributed by atoms with van der Waals surface area (Å²) < 4.78 is 11.1. The predicted molar refractivity (Wildman–Crippen MR) is 101 cm³/mol. The Kier molecular flexibility index (Phi) is 6.07. The predicted octanol–water partition coefficient (Wildman–Crippen LogP) is 0.977. The molecule has 0 saturated carbocycles. The molecule has 0 saturated heterocycles. The van der Waals surface area contributed by atoms with Gasteiger partial charge in [-0.15, -0.1) is 22.7 Å². The lowest BCUT2D eigenvalue weighted by Gasteiger charge is -2.04. The molecule has 0 aliphatic heterocycles. The molecule has 3 aromatic rings. The van der Waals surface area contributed by atoms with Crippen molar-refractivity contribution in [2.24, 2.45) is 0 Å². The third-order valence-corrected chi connectivity index (χ3v) is 6.02. The molecule has 2 amide bonds. The van der Waals surface area contributed by atoms with Crippen molar-refractivity contribution in [2.45, 2.75) is 13.1 Å². The zero-order valence-electron chi connectivity index (χ0n) is 14.2. The molecule has 0 aliphatic rings. The first-order chi connectivity index (χ1) is 13.6. The standard InChI is InChI=1S/C18H12N4O4S2/c19-7-13(15(23)21-9-11-3-1-5-25-11)17-27-18(28-17)14(8-20)16(24)22-10-12-4-2-6-26-12/h1-6H,9-10H2,(H,21,23)(H,22,24). The molecule has 8 nitrogen and oxygen atoms in total. The Morgan fingerprint density at radius 2 is 1.29 bits per heavy atom. The van der Waals surface area contributed by atoms with Crippen LogP contribution in [-0.4, -0.2) is 11.8 Å². The molecular formula is C18H12N4O4S2. The summed E-state index contributed by atoms with van der Waals surface area (Å²) in [4.78, 5) is 24.4. The van der Waals surface area contributed by atoms with Gasteiger partial charge in [0.1, 0.15) is 42.5 Å². The van der Waals surface area contributed by atoms with Crippen molar-refractivity contribution >= 4 is 45.6 Å². The van der Waals surface area contributed by atoms with Crippen LogP contribution in [0.25, 0.3) is 11.1 Å². The number of nitriles is 2. The van der Waals surface area contributed by atoms with Gasteiger partial charge in [0.2, 0.25) is 0 Å². The van der Waals surface area contributed by atoms with Gasteiger partial charge in [0, 0.05) is 0 Å². The van der Waals surface area contributed by atoms with Gasteiger partial charge < -0.3 is 19.5 Å². The van der Waals surface area contributed by atoms with E-state index in [2.05, 4.69) is 10.6 Å². The number of amides is 2. The van der Waals surface area contributed by atoms with Gasteiger partial charge in [-0.05, 0) is 24.3 Å². The number of nitrogens with one attached hydrogen (secondary N) is 2. The summed E-state index contributed by atoms with van der Waals surface area (Å²) in [7, 11) is 0. The lowest BCUT2D eigenvalue weighted by molar-refractivity contribution is -0.116. The monoisotopic (exact) mass is 412 g/mol. The smallest absolute Gasteiger partial charge is 0.264 e. The Morgan fingerprint density at radius 1 is 0.857 bits per heavy atom. The summed E-state index contributed by atoms with van der Waals surface area (Å²) in [6, 6.07) is 10.5. The first kappa shape index (κ1) is 19.2. The molecule has 0 bridgehead atoms. The van der Waals surface area contributed by atoms with Gasteiger partial charge in [-0.2, -0.15) is 10.5 Å². The fraction of sp³-hybridized carbons (Fsp3) is 0.111. The summed E-state index contributed by atoms with van der Waals surface area (Å²) in [5, 5.41) is 23.7. The lowest BCUT2D eigenvalue weighted by Crippen LogP contribution is -2.30. The SMILES string of the molecule is N#CC(C(=O)NCc1ccco1)=c1sc(=C(C#N)C(=O)NCc2ccco2)s1. The molecule has 3 heterocycles. The van der Waals surface area contributed by atoms with E-state index in [9.17, 15) is 20.1 Å². The van der Waals surface area contributed by atoms with Crippen molar-refractivity contribution in [1.29, 1.82) is 10.5 Å². The summed E-state index contributed by atoms with van der Waals surface area (Å²) in [6.07, 6.45) is 2.97. The third-order valence-electron chi connectivity index (χ3n) is 3.46. The van der Waals surface area contributed by atoms with E-state index in [1.54, 1.807) is 24.3 Å². The average molecular weight is 412 g/mol. The largest absolute Gasteiger partial charge is 0.467 e. The first-order valence-electron chi connectivity index (χ1n) is 7.88. The molecule has 0 aromatic carbocycles. The highest BCUT2D eigenvalue weighted by Crippen LogP contribution is 2.05. The van der Waals surface area contributed by atoms with Crippen LogP contribution in [-0.2, 0) is 22.7 Å². The normalized spacial score (nSPS) is 9.93. The van der Waals surface area contributed by atoms with E-state index in [1.165, 1.54) is 12.5 Å². The van der Waals surface area contributed by atoms with Crippen LogP contribution in [0.3, 0.4) is 0 Å². The van der Waals surface area contributed by atoms with Gasteiger partial charge in [0.15, 0.2) is 0 Å². The summed E-state index contributed by atoms with van der Waals surface area (Å²) >= 11 is 2.10. The van der Waals surface area contributed by atoms with Crippen molar-refractivity contribution in [3.8, 4) is 12.1 Å². The van der Waals surface area contributed by atoms with E-state index in [0.29, 0.717) is 19.2 Å².